The topological polar surface area (TPSA) is 60.1 Å². The molecule has 1 aromatic heterocycles. The number of hydrogen-bond acceptors (Lipinski definition) is 3. The number of aromatic nitrogens is 1. The van der Waals surface area contributed by atoms with E-state index in [9.17, 15) is 5.11 Å². The third-order valence-electron chi connectivity index (χ3n) is 4.86. The van der Waals surface area contributed by atoms with E-state index < -0.39 is 0 Å². The van der Waals surface area contributed by atoms with Crippen molar-refractivity contribution >= 4 is 28.7 Å². The Kier molecular flexibility index (Phi) is 3.88. The number of rotatable bonds is 1. The Morgan fingerprint density at radius 1 is 1.00 bits per heavy atom. The monoisotopic (exact) mass is 367 g/mol. The molecule has 2 aromatic carbocycles. The smallest absolute Gasteiger partial charge is 0.196 e. The highest BCUT2D eigenvalue weighted by molar-refractivity contribution is 6.31. The van der Waals surface area contributed by atoms with Gasteiger partial charge in [-0.1, -0.05) is 56.6 Å². The molecule has 0 fully saturated rings. The van der Waals surface area contributed by atoms with Crippen LogP contribution in [0.4, 0.5) is 17.1 Å². The Labute approximate surface area is 158 Å². The standard InChI is InChI=1S/C21H22ClN3O/c1-21(2,3)12-8-9-13(14(22)10-12)19-18-17(11-23-20(18)26)24-15-6-4-5-7-16(15)25-19/h4-11,19,23-26H,1-3H3. The molecule has 1 aliphatic rings. The van der Waals surface area contributed by atoms with Crippen molar-refractivity contribution in [2.24, 2.45) is 0 Å². The highest BCUT2D eigenvalue weighted by Gasteiger charge is 2.29. The fraction of sp³-hybridized carbons (Fsp3) is 0.238. The zero-order chi connectivity index (χ0) is 18.5. The van der Waals surface area contributed by atoms with Crippen LogP contribution in [-0.2, 0) is 5.41 Å². The van der Waals surface area contributed by atoms with Gasteiger partial charge in [-0.3, -0.25) is 0 Å². The van der Waals surface area contributed by atoms with Crippen molar-refractivity contribution in [3.8, 4) is 5.88 Å². The first kappa shape index (κ1) is 16.9. The van der Waals surface area contributed by atoms with Crippen LogP contribution in [-0.4, -0.2) is 10.1 Å². The van der Waals surface area contributed by atoms with Gasteiger partial charge in [0.05, 0.1) is 28.7 Å². The fourth-order valence-corrected chi connectivity index (χ4v) is 3.66. The van der Waals surface area contributed by atoms with Crippen LogP contribution >= 0.6 is 11.6 Å². The zero-order valence-corrected chi connectivity index (χ0v) is 15.8. The number of H-pyrrole nitrogens is 1. The Bertz CT molecular complexity index is 972. The number of aromatic hydroxyl groups is 1. The molecule has 2 heterocycles. The van der Waals surface area contributed by atoms with Gasteiger partial charge in [-0.2, -0.15) is 0 Å². The fourth-order valence-electron chi connectivity index (χ4n) is 3.37. The quantitative estimate of drug-likeness (QED) is 0.431. The van der Waals surface area contributed by atoms with Gasteiger partial charge in [-0.25, -0.2) is 0 Å². The van der Waals surface area contributed by atoms with Gasteiger partial charge in [-0.05, 0) is 34.7 Å². The maximum atomic E-state index is 10.4. The van der Waals surface area contributed by atoms with Gasteiger partial charge in [0, 0.05) is 11.2 Å². The molecule has 4 rings (SSSR count). The maximum absolute atomic E-state index is 10.4. The molecular weight excluding hydrogens is 346 g/mol. The second-order valence-corrected chi connectivity index (χ2v) is 8.11. The lowest BCUT2D eigenvalue weighted by molar-refractivity contribution is 0.449. The van der Waals surface area contributed by atoms with Crippen molar-refractivity contribution in [2.75, 3.05) is 10.6 Å². The van der Waals surface area contributed by atoms with E-state index in [1.807, 2.05) is 36.4 Å². The average Bonchev–Trinajstić information content (AvgIpc) is 2.85. The van der Waals surface area contributed by atoms with Crippen LogP contribution in [0.15, 0.2) is 48.7 Å². The number of nitrogens with one attached hydrogen (secondary N) is 3. The van der Waals surface area contributed by atoms with Crippen molar-refractivity contribution in [3.05, 3.63) is 70.4 Å². The molecule has 3 aromatic rings. The molecule has 0 spiro atoms. The van der Waals surface area contributed by atoms with Crippen molar-refractivity contribution in [1.82, 2.24) is 4.98 Å². The molecule has 26 heavy (non-hydrogen) atoms. The van der Waals surface area contributed by atoms with E-state index >= 15 is 0 Å². The first-order valence-corrected chi connectivity index (χ1v) is 9.05. The average molecular weight is 368 g/mol. The Hall–Kier alpha value is -2.59. The van der Waals surface area contributed by atoms with E-state index in [0.29, 0.717) is 5.02 Å². The molecule has 134 valence electrons. The SMILES string of the molecule is CC(C)(C)c1ccc(C2Nc3ccccc3Nc3c[nH]c(O)c32)c(Cl)c1. The normalized spacial score (nSPS) is 16.1. The van der Waals surface area contributed by atoms with E-state index in [1.54, 1.807) is 6.20 Å². The molecule has 0 saturated carbocycles. The summed E-state index contributed by atoms with van der Waals surface area (Å²) in [5.74, 6) is 0.133. The van der Waals surface area contributed by atoms with Gasteiger partial charge >= 0.3 is 0 Å². The molecule has 0 amide bonds. The van der Waals surface area contributed by atoms with E-state index in [-0.39, 0.29) is 17.3 Å². The third kappa shape index (κ3) is 2.80. The van der Waals surface area contributed by atoms with E-state index in [1.165, 1.54) is 5.56 Å². The summed E-state index contributed by atoms with van der Waals surface area (Å²) in [5, 5.41) is 18.0. The van der Waals surface area contributed by atoms with Crippen LogP contribution in [0, 0.1) is 0 Å². The summed E-state index contributed by atoms with van der Waals surface area (Å²) in [5.41, 5.74) is 5.63. The molecule has 0 aliphatic carbocycles. The summed E-state index contributed by atoms with van der Waals surface area (Å²) in [7, 11) is 0. The summed E-state index contributed by atoms with van der Waals surface area (Å²) >= 11 is 6.68. The molecular formula is C21H22ClN3O. The number of para-hydroxylation sites is 2. The van der Waals surface area contributed by atoms with E-state index in [2.05, 4.69) is 42.5 Å². The third-order valence-corrected chi connectivity index (χ3v) is 5.19. The molecule has 5 heteroatoms. The number of benzene rings is 2. The minimum atomic E-state index is -0.270. The van der Waals surface area contributed by atoms with Crippen LogP contribution < -0.4 is 10.6 Å². The summed E-state index contributed by atoms with van der Waals surface area (Å²) < 4.78 is 0. The molecule has 4 N–H and O–H groups in total. The first-order chi connectivity index (χ1) is 12.3. The molecule has 0 radical (unpaired) electrons. The number of halogens is 1. The minimum Gasteiger partial charge on any atom is -0.494 e. The van der Waals surface area contributed by atoms with Crippen molar-refractivity contribution in [2.45, 2.75) is 32.2 Å². The minimum absolute atomic E-state index is 0.0224. The Balaban J connectivity index is 1.86. The molecule has 1 unspecified atom stereocenters. The van der Waals surface area contributed by atoms with Gasteiger partial charge in [0.15, 0.2) is 5.88 Å². The lowest BCUT2D eigenvalue weighted by Crippen LogP contribution is -2.14. The van der Waals surface area contributed by atoms with Gasteiger partial charge in [0.25, 0.3) is 0 Å². The first-order valence-electron chi connectivity index (χ1n) is 8.67. The predicted octanol–water partition coefficient (Wildman–Crippen LogP) is 5.93. The van der Waals surface area contributed by atoms with Crippen LogP contribution in [0.1, 0.15) is 43.5 Å². The summed E-state index contributed by atoms with van der Waals surface area (Å²) in [4.78, 5) is 2.90. The summed E-state index contributed by atoms with van der Waals surface area (Å²) in [6.45, 7) is 6.50. The van der Waals surface area contributed by atoms with Gasteiger partial charge in [0.1, 0.15) is 0 Å². The van der Waals surface area contributed by atoms with Gasteiger partial charge in [-0.15, -0.1) is 0 Å². The number of anilines is 3. The van der Waals surface area contributed by atoms with Gasteiger partial charge in [0.2, 0.25) is 0 Å². The predicted molar refractivity (Wildman–Crippen MR) is 108 cm³/mol. The molecule has 1 atom stereocenters. The highest BCUT2D eigenvalue weighted by Crippen LogP contribution is 2.45. The summed E-state index contributed by atoms with van der Waals surface area (Å²) in [6.07, 6.45) is 1.78. The van der Waals surface area contributed by atoms with Gasteiger partial charge < -0.3 is 20.7 Å². The zero-order valence-electron chi connectivity index (χ0n) is 15.0. The highest BCUT2D eigenvalue weighted by atomic mass is 35.5. The van der Waals surface area contributed by atoms with Crippen molar-refractivity contribution in [3.63, 3.8) is 0 Å². The number of fused-ring (bicyclic) bond motifs is 2. The lowest BCUT2D eigenvalue weighted by Gasteiger charge is -2.24. The molecule has 4 nitrogen and oxygen atoms in total. The van der Waals surface area contributed by atoms with Crippen LogP contribution in [0.2, 0.25) is 5.02 Å². The van der Waals surface area contributed by atoms with Crippen LogP contribution in [0.25, 0.3) is 0 Å². The van der Waals surface area contributed by atoms with Crippen molar-refractivity contribution in [1.29, 1.82) is 0 Å². The van der Waals surface area contributed by atoms with E-state index in [4.69, 9.17) is 11.6 Å². The molecule has 0 bridgehead atoms. The largest absolute Gasteiger partial charge is 0.494 e. The molecule has 1 aliphatic heterocycles. The maximum Gasteiger partial charge on any atom is 0.196 e. The Morgan fingerprint density at radius 3 is 2.42 bits per heavy atom. The Morgan fingerprint density at radius 2 is 1.73 bits per heavy atom. The number of aromatic amines is 1. The van der Waals surface area contributed by atoms with E-state index in [0.717, 1.165) is 28.2 Å². The lowest BCUT2D eigenvalue weighted by atomic mass is 9.85. The van der Waals surface area contributed by atoms with Crippen LogP contribution in [0.3, 0.4) is 0 Å². The summed E-state index contributed by atoms with van der Waals surface area (Å²) in [6, 6.07) is 13.9. The molecule has 0 saturated heterocycles. The van der Waals surface area contributed by atoms with Crippen molar-refractivity contribution < 1.29 is 5.11 Å². The second-order valence-electron chi connectivity index (χ2n) is 7.70. The van der Waals surface area contributed by atoms with Crippen LogP contribution in [0.5, 0.6) is 5.88 Å². The number of hydrogen-bond donors (Lipinski definition) is 4. The second kappa shape index (κ2) is 5.99.